The number of aromatic nitrogens is 2. The maximum atomic E-state index is 13.3. The van der Waals surface area contributed by atoms with E-state index in [4.69, 9.17) is 0 Å². The molecular weight excluding hydrogens is 269 g/mol. The van der Waals surface area contributed by atoms with E-state index < -0.39 is 5.82 Å². The first-order valence-corrected chi connectivity index (χ1v) is 6.54. The van der Waals surface area contributed by atoms with Gasteiger partial charge >= 0.3 is 0 Å². The molecule has 0 spiro atoms. The monoisotopic (exact) mass is 283 g/mol. The van der Waals surface area contributed by atoms with Crippen molar-refractivity contribution in [2.24, 2.45) is 0 Å². The molecule has 4 nitrogen and oxygen atoms in total. The van der Waals surface area contributed by atoms with Gasteiger partial charge in [-0.2, -0.15) is 5.10 Å². The Balaban J connectivity index is 1.77. The van der Waals surface area contributed by atoms with E-state index >= 15 is 0 Å². The van der Waals surface area contributed by atoms with Crippen molar-refractivity contribution in [2.75, 3.05) is 5.32 Å². The number of halogens is 1. The Labute approximate surface area is 121 Å². The van der Waals surface area contributed by atoms with E-state index in [0.717, 1.165) is 11.4 Å². The number of nitrogens with zero attached hydrogens (tertiary/aromatic N) is 2. The van der Waals surface area contributed by atoms with Gasteiger partial charge in [0.25, 0.3) is 0 Å². The highest BCUT2D eigenvalue weighted by Crippen LogP contribution is 2.22. The molecule has 0 aliphatic heterocycles. The van der Waals surface area contributed by atoms with Crippen LogP contribution in [0.5, 0.6) is 5.75 Å². The van der Waals surface area contributed by atoms with Crippen molar-refractivity contribution in [3.05, 3.63) is 72.3 Å². The van der Waals surface area contributed by atoms with Crippen molar-refractivity contribution in [1.29, 1.82) is 0 Å². The second-order valence-corrected chi connectivity index (χ2v) is 4.60. The summed E-state index contributed by atoms with van der Waals surface area (Å²) in [6.45, 7) is 0.339. The molecule has 0 bridgehead atoms. The van der Waals surface area contributed by atoms with E-state index in [9.17, 15) is 9.50 Å². The molecular formula is C16H14FN3O. The van der Waals surface area contributed by atoms with E-state index in [1.165, 1.54) is 6.07 Å². The van der Waals surface area contributed by atoms with Crippen LogP contribution in [0.15, 0.2) is 60.9 Å². The molecule has 2 N–H and O–H groups in total. The largest absolute Gasteiger partial charge is 0.505 e. The second-order valence-electron chi connectivity index (χ2n) is 4.60. The molecule has 3 aromatic rings. The molecule has 106 valence electrons. The van der Waals surface area contributed by atoms with Gasteiger partial charge in [-0.15, -0.1) is 0 Å². The zero-order chi connectivity index (χ0) is 14.7. The third-order valence-electron chi connectivity index (χ3n) is 3.17. The second kappa shape index (κ2) is 5.66. The number of aromatic hydroxyl groups is 1. The Morgan fingerprint density at radius 2 is 2.00 bits per heavy atom. The average Bonchev–Trinajstić information content (AvgIpc) is 3.03. The summed E-state index contributed by atoms with van der Waals surface area (Å²) in [7, 11) is 0. The van der Waals surface area contributed by atoms with Gasteiger partial charge in [0.2, 0.25) is 0 Å². The van der Waals surface area contributed by atoms with Gasteiger partial charge in [0.1, 0.15) is 0 Å². The van der Waals surface area contributed by atoms with Crippen molar-refractivity contribution in [3.8, 4) is 11.4 Å². The molecule has 0 aliphatic rings. The van der Waals surface area contributed by atoms with Gasteiger partial charge in [-0.3, -0.25) is 0 Å². The molecule has 0 atom stereocenters. The maximum absolute atomic E-state index is 13.3. The highest BCUT2D eigenvalue weighted by molar-refractivity contribution is 5.51. The van der Waals surface area contributed by atoms with Crippen LogP contribution in [0.4, 0.5) is 10.1 Å². The summed E-state index contributed by atoms with van der Waals surface area (Å²) in [6.07, 6.45) is 3.57. The molecule has 2 aromatic carbocycles. The lowest BCUT2D eigenvalue weighted by Gasteiger charge is -2.10. The van der Waals surface area contributed by atoms with Crippen LogP contribution in [0.3, 0.4) is 0 Å². The van der Waals surface area contributed by atoms with Gasteiger partial charge in [-0.05, 0) is 30.3 Å². The molecule has 0 saturated carbocycles. The van der Waals surface area contributed by atoms with Crippen LogP contribution >= 0.6 is 0 Å². The van der Waals surface area contributed by atoms with Crippen LogP contribution < -0.4 is 5.32 Å². The third-order valence-corrected chi connectivity index (χ3v) is 3.17. The van der Waals surface area contributed by atoms with Crippen LogP contribution in [-0.4, -0.2) is 14.9 Å². The fraction of sp³-hybridized carbons (Fsp3) is 0.0625. The van der Waals surface area contributed by atoms with Gasteiger partial charge in [-0.25, -0.2) is 9.07 Å². The highest BCUT2D eigenvalue weighted by atomic mass is 19.1. The molecule has 0 saturated heterocycles. The lowest BCUT2D eigenvalue weighted by Crippen LogP contribution is -2.02. The minimum Gasteiger partial charge on any atom is -0.505 e. The van der Waals surface area contributed by atoms with Gasteiger partial charge < -0.3 is 10.4 Å². The Bertz CT molecular complexity index is 741. The summed E-state index contributed by atoms with van der Waals surface area (Å²) in [5.74, 6) is -0.923. The van der Waals surface area contributed by atoms with Crippen molar-refractivity contribution < 1.29 is 9.50 Å². The van der Waals surface area contributed by atoms with Gasteiger partial charge in [-0.1, -0.05) is 18.2 Å². The molecule has 5 heteroatoms. The lowest BCUT2D eigenvalue weighted by molar-refractivity contribution is 0.427. The predicted octanol–water partition coefficient (Wildman–Crippen LogP) is 3.33. The first kappa shape index (κ1) is 13.2. The third kappa shape index (κ3) is 2.86. The Morgan fingerprint density at radius 3 is 2.81 bits per heavy atom. The molecule has 1 heterocycles. The summed E-state index contributed by atoms with van der Waals surface area (Å²) in [4.78, 5) is 0. The number of anilines is 1. The smallest absolute Gasteiger partial charge is 0.165 e. The summed E-state index contributed by atoms with van der Waals surface area (Å²) < 4.78 is 15.0. The molecule has 0 radical (unpaired) electrons. The fourth-order valence-corrected chi connectivity index (χ4v) is 2.08. The molecule has 21 heavy (non-hydrogen) atoms. The zero-order valence-electron chi connectivity index (χ0n) is 11.2. The molecule has 0 aliphatic carbocycles. The summed E-state index contributed by atoms with van der Waals surface area (Å²) in [6, 6.07) is 14.0. The van der Waals surface area contributed by atoms with E-state index in [1.54, 1.807) is 23.0 Å². The molecule has 0 fully saturated rings. The van der Waals surface area contributed by atoms with Crippen LogP contribution in [0.1, 0.15) is 5.56 Å². The standard InChI is InChI=1S/C16H14FN3O/c17-15-7-1-4-12(16(15)21)11-18-13-5-2-6-14(10-13)20-9-3-8-19-20/h1-10,18,21H,11H2. The van der Waals surface area contributed by atoms with Crippen molar-refractivity contribution >= 4 is 5.69 Å². The number of phenols is 1. The van der Waals surface area contributed by atoms with Crippen LogP contribution in [0, 0.1) is 5.82 Å². The van der Waals surface area contributed by atoms with Gasteiger partial charge in [0.15, 0.2) is 11.6 Å². The number of rotatable bonds is 4. The maximum Gasteiger partial charge on any atom is 0.165 e. The van der Waals surface area contributed by atoms with Gasteiger partial charge in [0, 0.05) is 30.2 Å². The van der Waals surface area contributed by atoms with Crippen molar-refractivity contribution in [2.45, 2.75) is 6.54 Å². The first-order valence-electron chi connectivity index (χ1n) is 6.54. The molecule has 0 amide bonds. The Morgan fingerprint density at radius 1 is 1.14 bits per heavy atom. The number of nitrogens with one attached hydrogen (secondary N) is 1. The van der Waals surface area contributed by atoms with Crippen LogP contribution in [0.25, 0.3) is 5.69 Å². The normalized spacial score (nSPS) is 10.5. The minimum atomic E-state index is -0.611. The van der Waals surface area contributed by atoms with E-state index in [2.05, 4.69) is 10.4 Å². The summed E-state index contributed by atoms with van der Waals surface area (Å²) in [5, 5.41) is 17.0. The first-order chi connectivity index (χ1) is 10.2. The van der Waals surface area contributed by atoms with E-state index in [1.807, 2.05) is 36.5 Å². The molecule has 1 aromatic heterocycles. The summed E-state index contributed by atoms with van der Waals surface area (Å²) in [5.41, 5.74) is 2.31. The highest BCUT2D eigenvalue weighted by Gasteiger charge is 2.06. The minimum absolute atomic E-state index is 0.312. The average molecular weight is 283 g/mol. The lowest BCUT2D eigenvalue weighted by atomic mass is 10.2. The van der Waals surface area contributed by atoms with E-state index in [-0.39, 0.29) is 5.75 Å². The van der Waals surface area contributed by atoms with Crippen LogP contribution in [0.2, 0.25) is 0 Å². The predicted molar refractivity (Wildman–Crippen MR) is 79.0 cm³/mol. The number of hydrogen-bond acceptors (Lipinski definition) is 3. The van der Waals surface area contributed by atoms with Gasteiger partial charge in [0.05, 0.1) is 5.69 Å². The zero-order valence-corrected chi connectivity index (χ0v) is 11.2. The SMILES string of the molecule is Oc1c(F)cccc1CNc1cccc(-n2cccn2)c1. The number of hydrogen-bond donors (Lipinski definition) is 2. The quantitative estimate of drug-likeness (QED) is 0.772. The fourth-order valence-electron chi connectivity index (χ4n) is 2.08. The molecule has 3 rings (SSSR count). The van der Waals surface area contributed by atoms with Crippen molar-refractivity contribution in [3.63, 3.8) is 0 Å². The Kier molecular flexibility index (Phi) is 3.55. The number of phenolic OH excluding ortho intramolecular Hbond substituents is 1. The summed E-state index contributed by atoms with van der Waals surface area (Å²) >= 11 is 0. The molecule has 0 unspecified atom stereocenters. The number of benzene rings is 2. The van der Waals surface area contributed by atoms with Crippen LogP contribution in [-0.2, 0) is 6.54 Å². The topological polar surface area (TPSA) is 50.1 Å². The van der Waals surface area contributed by atoms with Crippen molar-refractivity contribution in [1.82, 2.24) is 9.78 Å². The Hall–Kier alpha value is -2.82. The van der Waals surface area contributed by atoms with E-state index in [0.29, 0.717) is 12.1 Å². The number of para-hydroxylation sites is 1.